The molecule has 5 rings (SSSR count). The van der Waals surface area contributed by atoms with E-state index in [2.05, 4.69) is 20.5 Å². The van der Waals surface area contributed by atoms with Gasteiger partial charge in [0.25, 0.3) is 0 Å². The van der Waals surface area contributed by atoms with Crippen molar-refractivity contribution in [2.45, 2.75) is 12.8 Å². The molecule has 2 heterocycles. The number of alkyl halides is 3. The molecule has 3 aromatic carbocycles. The van der Waals surface area contributed by atoms with Gasteiger partial charge in [0.05, 0.1) is 16.6 Å². The van der Waals surface area contributed by atoms with Crippen molar-refractivity contribution in [3.05, 3.63) is 96.2 Å². The maximum Gasteiger partial charge on any atom is 0.416 e. The van der Waals surface area contributed by atoms with Crippen molar-refractivity contribution in [1.29, 1.82) is 0 Å². The first-order valence-corrected chi connectivity index (χ1v) is 11.1. The van der Waals surface area contributed by atoms with E-state index < -0.39 is 11.7 Å². The molecule has 0 spiro atoms. The summed E-state index contributed by atoms with van der Waals surface area (Å²) in [4.78, 5) is 4.38. The number of para-hydroxylation sites is 2. The standard InChI is InChI=1S/C25H17F3N4OS/c26-25(27,28)17-6-5-7-18(14-17)30-24-32-31-23(34-24)20-9-2-4-11-22(20)33-15-16-12-13-29-21-10-3-1-8-19(16)21/h1-14H,15H2,(H,30,32). The van der Waals surface area contributed by atoms with Crippen LogP contribution in [0.1, 0.15) is 11.1 Å². The molecule has 0 saturated heterocycles. The van der Waals surface area contributed by atoms with Crippen molar-refractivity contribution < 1.29 is 17.9 Å². The summed E-state index contributed by atoms with van der Waals surface area (Å²) in [6.45, 7) is 0.341. The zero-order valence-corrected chi connectivity index (χ0v) is 18.4. The molecule has 2 aromatic heterocycles. The fourth-order valence-corrected chi connectivity index (χ4v) is 4.28. The number of nitrogens with zero attached hydrogens (tertiary/aromatic N) is 3. The van der Waals surface area contributed by atoms with Gasteiger partial charge in [-0.15, -0.1) is 10.2 Å². The first-order chi connectivity index (χ1) is 16.5. The van der Waals surface area contributed by atoms with Crippen LogP contribution in [0.15, 0.2) is 85.1 Å². The van der Waals surface area contributed by atoms with Crippen molar-refractivity contribution >= 4 is 33.1 Å². The van der Waals surface area contributed by atoms with Crippen molar-refractivity contribution in [3.8, 4) is 16.3 Å². The second kappa shape index (κ2) is 9.11. The minimum atomic E-state index is -4.42. The number of pyridine rings is 1. The molecular formula is C25H17F3N4OS. The van der Waals surface area contributed by atoms with Crippen LogP contribution in [-0.2, 0) is 12.8 Å². The minimum absolute atomic E-state index is 0.284. The largest absolute Gasteiger partial charge is 0.488 e. The Morgan fingerprint density at radius 2 is 1.71 bits per heavy atom. The number of nitrogens with one attached hydrogen (secondary N) is 1. The van der Waals surface area contributed by atoms with Gasteiger partial charge in [-0.3, -0.25) is 4.98 Å². The van der Waals surface area contributed by atoms with Gasteiger partial charge >= 0.3 is 6.18 Å². The summed E-state index contributed by atoms with van der Waals surface area (Å²) in [7, 11) is 0. The summed E-state index contributed by atoms with van der Waals surface area (Å²) in [6.07, 6.45) is -2.66. The smallest absolute Gasteiger partial charge is 0.416 e. The zero-order chi connectivity index (χ0) is 23.5. The number of halogens is 3. The van der Waals surface area contributed by atoms with Crippen molar-refractivity contribution in [2.75, 3.05) is 5.32 Å². The molecule has 0 aliphatic heterocycles. The van der Waals surface area contributed by atoms with E-state index in [0.29, 0.717) is 22.5 Å². The Labute approximate surface area is 196 Å². The molecule has 0 fully saturated rings. The number of anilines is 2. The van der Waals surface area contributed by atoms with Gasteiger partial charge in [0.15, 0.2) is 5.01 Å². The lowest BCUT2D eigenvalue weighted by atomic mass is 10.1. The van der Waals surface area contributed by atoms with Crippen LogP contribution in [0.3, 0.4) is 0 Å². The second-order valence-corrected chi connectivity index (χ2v) is 8.37. The summed E-state index contributed by atoms with van der Waals surface area (Å²) in [5.41, 5.74) is 2.20. The van der Waals surface area contributed by atoms with Gasteiger partial charge in [-0.1, -0.05) is 47.7 Å². The van der Waals surface area contributed by atoms with Crippen LogP contribution in [0, 0.1) is 0 Å². The molecule has 0 saturated carbocycles. The summed E-state index contributed by atoms with van der Waals surface area (Å²) in [5.74, 6) is 0.630. The molecule has 170 valence electrons. The molecule has 9 heteroatoms. The normalized spacial score (nSPS) is 11.5. The molecule has 0 radical (unpaired) electrons. The lowest BCUT2D eigenvalue weighted by Crippen LogP contribution is -2.05. The molecule has 34 heavy (non-hydrogen) atoms. The summed E-state index contributed by atoms with van der Waals surface area (Å²) in [5, 5.41) is 13.2. The fraction of sp³-hybridized carbons (Fsp3) is 0.0800. The molecule has 0 amide bonds. The molecular weight excluding hydrogens is 461 g/mol. The monoisotopic (exact) mass is 478 g/mol. The van der Waals surface area contributed by atoms with E-state index in [1.165, 1.54) is 17.4 Å². The topological polar surface area (TPSA) is 59.9 Å². The van der Waals surface area contributed by atoms with Crippen molar-refractivity contribution in [3.63, 3.8) is 0 Å². The quantitative estimate of drug-likeness (QED) is 0.282. The van der Waals surface area contributed by atoms with Crippen molar-refractivity contribution in [2.24, 2.45) is 0 Å². The number of hydrogen-bond acceptors (Lipinski definition) is 6. The third kappa shape index (κ3) is 4.69. The number of ether oxygens (including phenoxy) is 1. The lowest BCUT2D eigenvalue weighted by Gasteiger charge is -2.11. The molecule has 5 aromatic rings. The number of rotatable bonds is 6. The highest BCUT2D eigenvalue weighted by atomic mass is 32.1. The van der Waals surface area contributed by atoms with Crippen LogP contribution in [-0.4, -0.2) is 15.2 Å². The number of aromatic nitrogens is 3. The first kappa shape index (κ1) is 21.8. The maximum absolute atomic E-state index is 13.0. The van der Waals surface area contributed by atoms with E-state index in [1.54, 1.807) is 12.3 Å². The van der Waals surface area contributed by atoms with Gasteiger partial charge < -0.3 is 10.1 Å². The Balaban J connectivity index is 1.36. The lowest BCUT2D eigenvalue weighted by molar-refractivity contribution is -0.137. The Morgan fingerprint density at radius 3 is 2.59 bits per heavy atom. The van der Waals surface area contributed by atoms with E-state index >= 15 is 0 Å². The first-order valence-electron chi connectivity index (χ1n) is 10.3. The average Bonchev–Trinajstić information content (AvgIpc) is 3.31. The Kier molecular flexibility index (Phi) is 5.85. The molecule has 0 bridgehead atoms. The van der Waals surface area contributed by atoms with Crippen LogP contribution in [0.2, 0.25) is 0 Å². The van der Waals surface area contributed by atoms with Gasteiger partial charge in [-0.2, -0.15) is 13.2 Å². The van der Waals surface area contributed by atoms with Crippen LogP contribution >= 0.6 is 11.3 Å². The third-order valence-electron chi connectivity index (χ3n) is 5.11. The number of benzene rings is 3. The number of fused-ring (bicyclic) bond motifs is 1. The van der Waals surface area contributed by atoms with E-state index in [0.717, 1.165) is 34.2 Å². The van der Waals surface area contributed by atoms with E-state index in [1.807, 2.05) is 54.6 Å². The van der Waals surface area contributed by atoms with Gasteiger partial charge in [0.2, 0.25) is 5.13 Å². The maximum atomic E-state index is 13.0. The number of hydrogen-bond donors (Lipinski definition) is 1. The highest BCUT2D eigenvalue weighted by Gasteiger charge is 2.30. The summed E-state index contributed by atoms with van der Waals surface area (Å²) >= 11 is 1.23. The van der Waals surface area contributed by atoms with Gasteiger partial charge in [-0.25, -0.2) is 0 Å². The molecule has 0 aliphatic rings. The Morgan fingerprint density at radius 1 is 0.882 bits per heavy atom. The van der Waals surface area contributed by atoms with Gasteiger partial charge in [0.1, 0.15) is 12.4 Å². The SMILES string of the molecule is FC(F)(F)c1cccc(Nc2nnc(-c3ccccc3OCc3ccnc4ccccc34)s2)c1. The van der Waals surface area contributed by atoms with Crippen LogP contribution in [0.5, 0.6) is 5.75 Å². The van der Waals surface area contributed by atoms with E-state index in [-0.39, 0.29) is 5.69 Å². The zero-order valence-electron chi connectivity index (χ0n) is 17.6. The van der Waals surface area contributed by atoms with E-state index in [4.69, 9.17) is 4.74 Å². The molecule has 0 unspecified atom stereocenters. The minimum Gasteiger partial charge on any atom is -0.488 e. The van der Waals surface area contributed by atoms with Crippen LogP contribution in [0.4, 0.5) is 24.0 Å². The molecule has 0 aliphatic carbocycles. The van der Waals surface area contributed by atoms with Crippen LogP contribution in [0.25, 0.3) is 21.5 Å². The Hall–Kier alpha value is -3.98. The van der Waals surface area contributed by atoms with Crippen molar-refractivity contribution in [1.82, 2.24) is 15.2 Å². The highest BCUT2D eigenvalue weighted by Crippen LogP contribution is 2.36. The molecule has 1 N–H and O–H groups in total. The van der Waals surface area contributed by atoms with Gasteiger partial charge in [-0.05, 0) is 42.5 Å². The van der Waals surface area contributed by atoms with E-state index in [9.17, 15) is 13.2 Å². The summed E-state index contributed by atoms with van der Waals surface area (Å²) in [6, 6.07) is 22.2. The highest BCUT2D eigenvalue weighted by molar-refractivity contribution is 7.18. The molecule has 5 nitrogen and oxygen atoms in total. The Bertz CT molecular complexity index is 1450. The predicted molar refractivity (Wildman–Crippen MR) is 126 cm³/mol. The average molecular weight is 478 g/mol. The van der Waals surface area contributed by atoms with Crippen LogP contribution < -0.4 is 10.1 Å². The molecule has 0 atom stereocenters. The fourth-order valence-electron chi connectivity index (χ4n) is 3.48. The van der Waals surface area contributed by atoms with Gasteiger partial charge in [0, 0.05) is 22.8 Å². The second-order valence-electron chi connectivity index (χ2n) is 7.39. The third-order valence-corrected chi connectivity index (χ3v) is 5.98. The summed E-state index contributed by atoms with van der Waals surface area (Å²) < 4.78 is 45.1. The predicted octanol–water partition coefficient (Wildman–Crippen LogP) is 7.09.